The minimum absolute atomic E-state index is 0.00126. The predicted octanol–water partition coefficient (Wildman–Crippen LogP) is 3.42. The number of aryl methyl sites for hydroxylation is 1. The van der Waals surface area contributed by atoms with Gasteiger partial charge >= 0.3 is 0 Å². The lowest BCUT2D eigenvalue weighted by Gasteiger charge is -1.96. The summed E-state index contributed by atoms with van der Waals surface area (Å²) < 4.78 is 0. The van der Waals surface area contributed by atoms with Crippen molar-refractivity contribution in [2.24, 2.45) is 0 Å². The Morgan fingerprint density at radius 3 is 2.95 bits per heavy atom. The van der Waals surface area contributed by atoms with Crippen LogP contribution in [0.15, 0.2) is 29.6 Å². The number of non-ortho nitro benzene ring substituents is 1. The second kappa shape index (κ2) is 5.42. The Morgan fingerprint density at radius 2 is 2.37 bits per heavy atom. The molecule has 19 heavy (non-hydrogen) atoms. The minimum Gasteiger partial charge on any atom is -0.258 e. The topological polar surface area (TPSA) is 79.8 Å². The van der Waals surface area contributed by atoms with Gasteiger partial charge in [0.05, 0.1) is 10.5 Å². The first-order valence-electron chi connectivity index (χ1n) is 5.39. The fourth-order valence-electron chi connectivity index (χ4n) is 1.51. The monoisotopic (exact) mass is 271 g/mol. The van der Waals surface area contributed by atoms with Crippen LogP contribution in [-0.4, -0.2) is 9.91 Å². The van der Waals surface area contributed by atoms with Crippen LogP contribution in [0.25, 0.3) is 11.6 Å². The minimum atomic E-state index is -0.461. The fourth-order valence-corrected chi connectivity index (χ4v) is 2.28. The van der Waals surface area contributed by atoms with E-state index >= 15 is 0 Å². The van der Waals surface area contributed by atoms with E-state index < -0.39 is 4.92 Å². The molecule has 2 aromatic rings. The second-order valence-electron chi connectivity index (χ2n) is 3.82. The molecule has 6 heteroatoms. The molecule has 0 fully saturated rings. The van der Waals surface area contributed by atoms with Crippen molar-refractivity contribution in [3.8, 4) is 6.07 Å². The molecule has 2 rings (SSSR count). The van der Waals surface area contributed by atoms with Gasteiger partial charge in [0.1, 0.15) is 11.1 Å². The predicted molar refractivity (Wildman–Crippen MR) is 73.4 cm³/mol. The number of nitro benzene ring substituents is 1. The van der Waals surface area contributed by atoms with Crippen LogP contribution in [0.1, 0.15) is 16.3 Å². The van der Waals surface area contributed by atoms with E-state index in [1.54, 1.807) is 18.2 Å². The first-order valence-corrected chi connectivity index (χ1v) is 6.27. The Hall–Kier alpha value is -2.52. The van der Waals surface area contributed by atoms with Gasteiger partial charge in [0.2, 0.25) is 0 Å². The number of benzene rings is 1. The van der Waals surface area contributed by atoms with Gasteiger partial charge < -0.3 is 0 Å². The van der Waals surface area contributed by atoms with Crippen LogP contribution in [-0.2, 0) is 0 Å². The van der Waals surface area contributed by atoms with E-state index in [4.69, 9.17) is 5.26 Å². The number of hydrogen-bond donors (Lipinski definition) is 0. The maximum Gasteiger partial charge on any atom is 0.270 e. The summed E-state index contributed by atoms with van der Waals surface area (Å²) in [5.74, 6) is 0. The van der Waals surface area contributed by atoms with E-state index in [1.807, 2.05) is 12.3 Å². The lowest BCUT2D eigenvalue weighted by Crippen LogP contribution is -1.88. The molecule has 0 atom stereocenters. The van der Waals surface area contributed by atoms with Gasteiger partial charge in [-0.25, -0.2) is 4.98 Å². The average molecular weight is 271 g/mol. The third kappa shape index (κ3) is 3.03. The number of thiazole rings is 1. The van der Waals surface area contributed by atoms with Crippen LogP contribution in [0.3, 0.4) is 0 Å². The van der Waals surface area contributed by atoms with Gasteiger partial charge in [-0.15, -0.1) is 11.3 Å². The van der Waals surface area contributed by atoms with Crippen LogP contribution < -0.4 is 0 Å². The van der Waals surface area contributed by atoms with E-state index in [1.165, 1.54) is 23.5 Å². The van der Waals surface area contributed by atoms with Crippen LogP contribution >= 0.6 is 11.3 Å². The summed E-state index contributed by atoms with van der Waals surface area (Å²) in [7, 11) is 0. The molecule has 0 aliphatic carbocycles. The molecule has 0 bridgehead atoms. The molecule has 1 heterocycles. The van der Waals surface area contributed by atoms with Gasteiger partial charge in [-0.2, -0.15) is 5.26 Å². The summed E-state index contributed by atoms with van der Waals surface area (Å²) in [5.41, 5.74) is 1.86. The Bertz CT molecular complexity index is 698. The van der Waals surface area contributed by atoms with Crippen molar-refractivity contribution in [2.45, 2.75) is 6.92 Å². The van der Waals surface area contributed by atoms with Crippen LogP contribution in [0.2, 0.25) is 0 Å². The molecule has 94 valence electrons. The van der Waals surface area contributed by atoms with Gasteiger partial charge in [-0.05, 0) is 18.6 Å². The smallest absolute Gasteiger partial charge is 0.258 e. The van der Waals surface area contributed by atoms with Gasteiger partial charge in [0.15, 0.2) is 0 Å². The number of aromatic nitrogens is 1. The van der Waals surface area contributed by atoms with Crippen molar-refractivity contribution < 1.29 is 4.92 Å². The average Bonchev–Trinajstić information content (AvgIpc) is 2.83. The van der Waals surface area contributed by atoms with Crippen molar-refractivity contribution in [1.29, 1.82) is 5.26 Å². The highest BCUT2D eigenvalue weighted by Gasteiger charge is 2.08. The van der Waals surface area contributed by atoms with Gasteiger partial charge in [0.25, 0.3) is 5.69 Å². The highest BCUT2D eigenvalue weighted by molar-refractivity contribution is 7.11. The molecule has 1 aromatic heterocycles. The largest absolute Gasteiger partial charge is 0.270 e. The van der Waals surface area contributed by atoms with Crippen molar-refractivity contribution in [3.63, 3.8) is 0 Å². The third-order valence-electron chi connectivity index (χ3n) is 2.36. The van der Waals surface area contributed by atoms with Crippen molar-refractivity contribution in [3.05, 3.63) is 56.0 Å². The number of nitriles is 1. The molecule has 0 amide bonds. The maximum absolute atomic E-state index is 10.7. The Labute approximate surface area is 113 Å². The Balaban J connectivity index is 2.41. The van der Waals surface area contributed by atoms with Gasteiger partial charge in [-0.3, -0.25) is 10.1 Å². The zero-order valence-corrected chi connectivity index (χ0v) is 10.8. The van der Waals surface area contributed by atoms with E-state index in [0.29, 0.717) is 16.1 Å². The fraction of sp³-hybridized carbons (Fsp3) is 0.0769. The number of nitrogens with zero attached hydrogens (tertiary/aromatic N) is 3. The quantitative estimate of drug-likeness (QED) is 0.486. The molecular weight excluding hydrogens is 262 g/mol. The van der Waals surface area contributed by atoms with E-state index in [-0.39, 0.29) is 5.69 Å². The first kappa shape index (κ1) is 12.9. The zero-order chi connectivity index (χ0) is 13.8. The number of rotatable bonds is 3. The van der Waals surface area contributed by atoms with Crippen LogP contribution in [0, 0.1) is 28.4 Å². The molecule has 0 radical (unpaired) electrons. The molecule has 0 saturated heterocycles. The van der Waals surface area contributed by atoms with Gasteiger partial charge in [0, 0.05) is 23.2 Å². The summed E-state index contributed by atoms with van der Waals surface area (Å²) in [6, 6.07) is 8.21. The summed E-state index contributed by atoms with van der Waals surface area (Å²) in [5, 5.41) is 22.3. The van der Waals surface area contributed by atoms with E-state index in [2.05, 4.69) is 11.1 Å². The second-order valence-corrected chi connectivity index (χ2v) is 4.67. The van der Waals surface area contributed by atoms with Crippen LogP contribution in [0.5, 0.6) is 0 Å². The molecule has 0 aliphatic heterocycles. The van der Waals surface area contributed by atoms with Crippen LogP contribution in [0.4, 0.5) is 5.69 Å². The summed E-state index contributed by atoms with van der Waals surface area (Å²) in [6.07, 6.45) is 1.60. The highest BCUT2D eigenvalue weighted by atomic mass is 32.1. The molecule has 0 saturated carbocycles. The standard InChI is InChI=1S/C13H9N3O2S/c1-9-8-19-13(15-9)11(7-14)5-10-3-2-4-12(6-10)16(17)18/h2-6,8H,1H3/b11-5-. The lowest BCUT2D eigenvalue weighted by molar-refractivity contribution is -0.384. The molecule has 0 unspecified atom stereocenters. The SMILES string of the molecule is Cc1csc(/C(C#N)=C\c2cccc([N+](=O)[O-])c2)n1. The molecule has 0 spiro atoms. The summed E-state index contributed by atoms with van der Waals surface area (Å²) in [6.45, 7) is 1.85. The van der Waals surface area contributed by atoms with Crippen molar-refractivity contribution >= 4 is 28.7 Å². The summed E-state index contributed by atoms with van der Waals surface area (Å²) in [4.78, 5) is 14.5. The number of allylic oxidation sites excluding steroid dienone is 1. The zero-order valence-electron chi connectivity index (χ0n) is 10.0. The maximum atomic E-state index is 10.7. The molecular formula is C13H9N3O2S. The van der Waals surface area contributed by atoms with Crippen molar-refractivity contribution in [2.75, 3.05) is 0 Å². The highest BCUT2D eigenvalue weighted by Crippen LogP contribution is 2.22. The Morgan fingerprint density at radius 1 is 1.58 bits per heavy atom. The number of nitro groups is 1. The third-order valence-corrected chi connectivity index (χ3v) is 3.36. The normalized spacial score (nSPS) is 11.1. The van der Waals surface area contributed by atoms with Crippen molar-refractivity contribution in [1.82, 2.24) is 4.98 Å². The van der Waals surface area contributed by atoms with E-state index in [0.717, 1.165) is 5.69 Å². The molecule has 0 aliphatic rings. The lowest BCUT2D eigenvalue weighted by atomic mass is 10.1. The Kier molecular flexibility index (Phi) is 3.68. The van der Waals surface area contributed by atoms with E-state index in [9.17, 15) is 10.1 Å². The number of hydrogen-bond acceptors (Lipinski definition) is 5. The molecule has 0 N–H and O–H groups in total. The first-order chi connectivity index (χ1) is 9.10. The van der Waals surface area contributed by atoms with Gasteiger partial charge in [-0.1, -0.05) is 12.1 Å². The molecule has 5 nitrogen and oxygen atoms in total. The molecule has 1 aromatic carbocycles. The summed E-state index contributed by atoms with van der Waals surface area (Å²) >= 11 is 1.38.